The molecule has 0 radical (unpaired) electrons. The second-order valence-corrected chi connectivity index (χ2v) is 5.40. The Balaban J connectivity index is 2.09. The fraction of sp³-hybridized carbons (Fsp3) is 0.357. The van der Waals surface area contributed by atoms with Crippen LogP contribution in [-0.2, 0) is 20.8 Å². The minimum absolute atomic E-state index is 0.148. The number of hydrogen-bond donors (Lipinski definition) is 0. The highest BCUT2D eigenvalue weighted by Gasteiger charge is 2.35. The summed E-state index contributed by atoms with van der Waals surface area (Å²) in [5, 5.41) is 0. The number of rotatable bonds is 3. The Hall–Kier alpha value is -1.29. The zero-order chi connectivity index (χ0) is 13.1. The van der Waals surface area contributed by atoms with E-state index in [0.717, 1.165) is 10.0 Å². The normalized spacial score (nSPS) is 16.9. The van der Waals surface area contributed by atoms with E-state index in [4.69, 9.17) is 0 Å². The number of halogens is 1. The molecule has 1 aliphatic carbocycles. The van der Waals surface area contributed by atoms with Gasteiger partial charge in [-0.1, -0.05) is 28.1 Å². The van der Waals surface area contributed by atoms with Crippen LogP contribution in [-0.4, -0.2) is 17.3 Å². The Morgan fingerprint density at radius 3 is 2.22 bits per heavy atom. The molecule has 0 saturated heterocycles. The fourth-order valence-corrected chi connectivity index (χ4v) is 2.43. The maximum Gasteiger partial charge on any atom is 0.155 e. The molecule has 0 unspecified atom stereocenters. The molecular formula is C14H13BrO3. The Kier molecular flexibility index (Phi) is 4.07. The van der Waals surface area contributed by atoms with Gasteiger partial charge in [0.05, 0.1) is 0 Å². The summed E-state index contributed by atoms with van der Waals surface area (Å²) < 4.78 is 0.934. The van der Waals surface area contributed by atoms with E-state index in [0.29, 0.717) is 19.3 Å². The number of Topliss-reactive ketones (excluding diaryl/α,β-unsaturated/α-hetero) is 3. The third-order valence-electron chi connectivity index (χ3n) is 3.10. The summed E-state index contributed by atoms with van der Waals surface area (Å²) in [6.07, 6.45) is 1.43. The van der Waals surface area contributed by atoms with E-state index < -0.39 is 5.92 Å². The van der Waals surface area contributed by atoms with Crippen molar-refractivity contribution in [3.63, 3.8) is 0 Å². The maximum atomic E-state index is 12.0. The summed E-state index contributed by atoms with van der Waals surface area (Å²) in [5.41, 5.74) is 0.828. The highest BCUT2D eigenvalue weighted by atomic mass is 79.9. The quantitative estimate of drug-likeness (QED) is 0.806. The molecule has 0 aromatic heterocycles. The Labute approximate surface area is 114 Å². The average molecular weight is 309 g/mol. The van der Waals surface area contributed by atoms with E-state index in [-0.39, 0.29) is 23.8 Å². The van der Waals surface area contributed by atoms with Crippen molar-refractivity contribution in [1.82, 2.24) is 0 Å². The first-order valence-electron chi connectivity index (χ1n) is 5.90. The molecule has 0 spiro atoms. The zero-order valence-electron chi connectivity index (χ0n) is 9.82. The molecule has 1 aromatic rings. The molecule has 0 bridgehead atoms. The summed E-state index contributed by atoms with van der Waals surface area (Å²) in [7, 11) is 0. The van der Waals surface area contributed by atoms with Gasteiger partial charge < -0.3 is 0 Å². The highest BCUT2D eigenvalue weighted by molar-refractivity contribution is 9.10. The second kappa shape index (κ2) is 5.57. The summed E-state index contributed by atoms with van der Waals surface area (Å²) in [4.78, 5) is 35.3. The number of carbonyl (C=O) groups is 3. The van der Waals surface area contributed by atoms with E-state index >= 15 is 0 Å². The van der Waals surface area contributed by atoms with Crippen molar-refractivity contribution >= 4 is 33.3 Å². The van der Waals surface area contributed by atoms with Crippen LogP contribution >= 0.6 is 15.9 Å². The predicted molar refractivity (Wildman–Crippen MR) is 70.2 cm³/mol. The van der Waals surface area contributed by atoms with Crippen molar-refractivity contribution < 1.29 is 14.4 Å². The summed E-state index contributed by atoms with van der Waals surface area (Å²) >= 11 is 3.31. The molecule has 1 saturated carbocycles. The van der Waals surface area contributed by atoms with Crippen molar-refractivity contribution in [2.45, 2.75) is 25.7 Å². The van der Waals surface area contributed by atoms with Gasteiger partial charge >= 0.3 is 0 Å². The van der Waals surface area contributed by atoms with Gasteiger partial charge in [0.1, 0.15) is 5.92 Å². The van der Waals surface area contributed by atoms with Crippen LogP contribution in [0.25, 0.3) is 0 Å². The molecule has 4 heteroatoms. The molecular weight excluding hydrogens is 296 g/mol. The van der Waals surface area contributed by atoms with Crippen LogP contribution in [0.4, 0.5) is 0 Å². The zero-order valence-corrected chi connectivity index (χ0v) is 11.4. The molecule has 0 heterocycles. The fourth-order valence-electron chi connectivity index (χ4n) is 2.17. The van der Waals surface area contributed by atoms with Gasteiger partial charge in [0.25, 0.3) is 0 Å². The van der Waals surface area contributed by atoms with Crippen LogP contribution in [0, 0.1) is 5.92 Å². The first-order valence-corrected chi connectivity index (χ1v) is 6.70. The number of carbonyl (C=O) groups excluding carboxylic acids is 3. The second-order valence-electron chi connectivity index (χ2n) is 4.49. The van der Waals surface area contributed by atoms with Crippen LogP contribution in [0.15, 0.2) is 28.7 Å². The lowest BCUT2D eigenvalue weighted by molar-refractivity contribution is -0.141. The van der Waals surface area contributed by atoms with Crippen molar-refractivity contribution in [2.24, 2.45) is 5.92 Å². The lowest BCUT2D eigenvalue weighted by atomic mass is 9.82. The Morgan fingerprint density at radius 2 is 1.67 bits per heavy atom. The average Bonchev–Trinajstić information content (AvgIpc) is 2.32. The predicted octanol–water partition coefficient (Wildman–Crippen LogP) is 2.50. The standard InChI is InChI=1S/C14H13BrO3/c15-10-6-4-9(5-7-10)8-13(18)14-11(16)2-1-3-12(14)17/h4-7,14H,1-3,8H2. The minimum atomic E-state index is -1.01. The van der Waals surface area contributed by atoms with Gasteiger partial charge in [-0.05, 0) is 24.1 Å². The van der Waals surface area contributed by atoms with E-state index in [1.165, 1.54) is 0 Å². The van der Waals surface area contributed by atoms with Gasteiger partial charge in [0.15, 0.2) is 17.3 Å². The van der Waals surface area contributed by atoms with Crippen molar-refractivity contribution in [3.8, 4) is 0 Å². The first kappa shape index (κ1) is 13.1. The summed E-state index contributed by atoms with van der Waals surface area (Å²) in [6.45, 7) is 0. The molecule has 2 rings (SSSR count). The molecule has 0 atom stereocenters. The number of ketones is 3. The molecule has 18 heavy (non-hydrogen) atoms. The van der Waals surface area contributed by atoms with Gasteiger partial charge in [-0.2, -0.15) is 0 Å². The molecule has 1 aliphatic rings. The third-order valence-corrected chi connectivity index (χ3v) is 3.63. The number of hydrogen-bond acceptors (Lipinski definition) is 3. The van der Waals surface area contributed by atoms with Gasteiger partial charge in [0, 0.05) is 23.7 Å². The van der Waals surface area contributed by atoms with Gasteiger partial charge in [-0.3, -0.25) is 14.4 Å². The topological polar surface area (TPSA) is 51.2 Å². The van der Waals surface area contributed by atoms with Crippen LogP contribution in [0.1, 0.15) is 24.8 Å². The van der Waals surface area contributed by atoms with Crippen molar-refractivity contribution in [1.29, 1.82) is 0 Å². The molecule has 94 valence electrons. The largest absolute Gasteiger partial charge is 0.298 e. The van der Waals surface area contributed by atoms with Gasteiger partial charge in [0.2, 0.25) is 0 Å². The summed E-state index contributed by atoms with van der Waals surface area (Å²) in [6, 6.07) is 7.32. The lowest BCUT2D eigenvalue weighted by Crippen LogP contribution is -2.36. The van der Waals surface area contributed by atoms with Gasteiger partial charge in [-0.25, -0.2) is 0 Å². The Morgan fingerprint density at radius 1 is 1.11 bits per heavy atom. The SMILES string of the molecule is O=C1CCCC(=O)C1C(=O)Cc1ccc(Br)cc1. The van der Waals surface area contributed by atoms with Crippen LogP contribution < -0.4 is 0 Å². The Bertz CT molecular complexity index is 474. The monoisotopic (exact) mass is 308 g/mol. The van der Waals surface area contributed by atoms with E-state index in [9.17, 15) is 14.4 Å². The van der Waals surface area contributed by atoms with Gasteiger partial charge in [-0.15, -0.1) is 0 Å². The smallest absolute Gasteiger partial charge is 0.155 e. The summed E-state index contributed by atoms with van der Waals surface area (Å²) in [5.74, 6) is -1.71. The first-order chi connectivity index (χ1) is 8.58. The minimum Gasteiger partial charge on any atom is -0.298 e. The molecule has 1 aromatic carbocycles. The van der Waals surface area contributed by atoms with Crippen LogP contribution in [0.5, 0.6) is 0 Å². The van der Waals surface area contributed by atoms with Crippen molar-refractivity contribution in [2.75, 3.05) is 0 Å². The molecule has 3 nitrogen and oxygen atoms in total. The molecule has 0 N–H and O–H groups in total. The number of benzene rings is 1. The molecule has 0 aliphatic heterocycles. The third kappa shape index (κ3) is 2.93. The highest BCUT2D eigenvalue weighted by Crippen LogP contribution is 2.20. The van der Waals surface area contributed by atoms with Crippen molar-refractivity contribution in [3.05, 3.63) is 34.3 Å². The van der Waals surface area contributed by atoms with E-state index in [1.807, 2.05) is 24.3 Å². The van der Waals surface area contributed by atoms with Crippen LogP contribution in [0.2, 0.25) is 0 Å². The molecule has 0 amide bonds. The lowest BCUT2D eigenvalue weighted by Gasteiger charge is -2.18. The van der Waals surface area contributed by atoms with Crippen LogP contribution in [0.3, 0.4) is 0 Å². The maximum absolute atomic E-state index is 12.0. The van der Waals surface area contributed by atoms with E-state index in [2.05, 4.69) is 15.9 Å². The molecule has 1 fully saturated rings. The van der Waals surface area contributed by atoms with E-state index in [1.54, 1.807) is 0 Å².